The van der Waals surface area contributed by atoms with Crippen molar-refractivity contribution in [1.29, 1.82) is 0 Å². The van der Waals surface area contributed by atoms with E-state index in [0.29, 0.717) is 11.8 Å². The Balaban J connectivity index is 1.50. The first-order chi connectivity index (χ1) is 22.0. The predicted octanol–water partition coefficient (Wildman–Crippen LogP) is 6.69. The number of aromatic nitrogens is 2. The molecule has 0 N–H and O–H groups in total. The van der Waals surface area contributed by atoms with Crippen LogP contribution in [0.15, 0.2) is 152 Å². The number of imidazole rings is 1. The molecule has 224 valence electrons. The summed E-state index contributed by atoms with van der Waals surface area (Å²) in [5, 5.41) is 4.28. The molecular formula is C41H43BN2Si. The molecule has 4 heteroatoms. The van der Waals surface area contributed by atoms with Crippen LogP contribution in [0.3, 0.4) is 0 Å². The molecule has 1 aromatic heterocycles. The first kappa shape index (κ1) is 30.6. The highest BCUT2D eigenvalue weighted by Gasteiger charge is 2.40. The van der Waals surface area contributed by atoms with Gasteiger partial charge in [0.1, 0.15) is 0 Å². The van der Waals surface area contributed by atoms with Crippen LogP contribution in [0.1, 0.15) is 67.6 Å². The molecule has 0 bridgehead atoms. The van der Waals surface area contributed by atoms with E-state index in [0.717, 1.165) is 19.2 Å². The molecule has 0 amide bonds. The first-order valence-electron chi connectivity index (χ1n) is 16.3. The van der Waals surface area contributed by atoms with Gasteiger partial charge in [0.25, 0.3) is 0 Å². The number of hydrogen-bond acceptors (Lipinski definition) is 1. The largest absolute Gasteiger partial charge is 0.345 e. The molecule has 0 aliphatic carbocycles. The molecular weight excluding hydrogens is 559 g/mol. The van der Waals surface area contributed by atoms with Crippen LogP contribution in [0.25, 0.3) is 0 Å². The summed E-state index contributed by atoms with van der Waals surface area (Å²) in [4.78, 5) is 5.03. The molecule has 5 aromatic carbocycles. The van der Waals surface area contributed by atoms with Crippen LogP contribution in [0, 0.1) is 0 Å². The monoisotopic (exact) mass is 602 g/mol. The van der Waals surface area contributed by atoms with Gasteiger partial charge < -0.3 is 4.57 Å². The third kappa shape index (κ3) is 6.53. The minimum absolute atomic E-state index is 0.219. The molecule has 0 unspecified atom stereocenters. The van der Waals surface area contributed by atoms with Gasteiger partial charge in [0.2, 0.25) is 7.28 Å². The Morgan fingerprint density at radius 2 is 0.956 bits per heavy atom. The average molecular weight is 603 g/mol. The summed E-state index contributed by atoms with van der Waals surface area (Å²) in [6.07, 6.45) is 5.08. The highest BCUT2D eigenvalue weighted by atomic mass is 28.3. The highest BCUT2D eigenvalue weighted by Crippen LogP contribution is 2.24. The Bertz CT molecular complexity index is 1690. The maximum Gasteiger partial charge on any atom is 0.217 e. The van der Waals surface area contributed by atoms with E-state index in [1.165, 1.54) is 37.8 Å². The zero-order valence-electron chi connectivity index (χ0n) is 27.0. The van der Waals surface area contributed by atoms with Crippen molar-refractivity contribution in [1.82, 2.24) is 9.55 Å². The van der Waals surface area contributed by atoms with Crippen LogP contribution in [0.4, 0.5) is 0 Å². The third-order valence-electron chi connectivity index (χ3n) is 9.41. The summed E-state index contributed by atoms with van der Waals surface area (Å²) < 4.78 is 2.46. The van der Waals surface area contributed by atoms with Crippen LogP contribution in [0.5, 0.6) is 0 Å². The van der Waals surface area contributed by atoms with Crippen LogP contribution in [0.2, 0.25) is 0 Å². The number of rotatable bonds is 11. The number of benzene rings is 5. The standard InChI is InChI=1S/C41H43BN2Si/c1-31(2)33-20-24-38(25-21-33)45(37-18-12-7-13-19-37,39-26-22-34(23-27-39)32(3)4)30-44-29-28-43-41(44)42-40(35-14-8-5-9-15-35)36-16-10-6-11-17-36/h5-29,31-32,40,42H,30H2,1-4H3. The molecule has 0 radical (unpaired) electrons. The Morgan fingerprint density at radius 3 is 1.40 bits per heavy atom. The van der Waals surface area contributed by atoms with Crippen molar-refractivity contribution >= 4 is 36.6 Å². The van der Waals surface area contributed by atoms with Gasteiger partial charge in [-0.05, 0) is 55.5 Å². The second-order valence-corrected chi connectivity index (χ2v) is 16.7. The molecule has 0 spiro atoms. The second-order valence-electron chi connectivity index (χ2n) is 12.9. The van der Waals surface area contributed by atoms with Gasteiger partial charge in [-0.3, -0.25) is 4.98 Å². The van der Waals surface area contributed by atoms with Crippen molar-refractivity contribution in [3.8, 4) is 0 Å². The molecule has 0 fully saturated rings. The first-order valence-corrected chi connectivity index (χ1v) is 18.5. The Kier molecular flexibility index (Phi) is 9.32. The minimum Gasteiger partial charge on any atom is -0.345 e. The minimum atomic E-state index is -2.56. The molecule has 0 aliphatic rings. The van der Waals surface area contributed by atoms with Gasteiger partial charge in [-0.1, -0.05) is 167 Å². The summed E-state index contributed by atoms with van der Waals surface area (Å²) in [7, 11) is -1.73. The lowest BCUT2D eigenvalue weighted by Crippen LogP contribution is -2.70. The maximum absolute atomic E-state index is 5.03. The fourth-order valence-electron chi connectivity index (χ4n) is 6.71. The molecule has 0 saturated carbocycles. The van der Waals surface area contributed by atoms with Crippen molar-refractivity contribution in [2.24, 2.45) is 0 Å². The molecule has 45 heavy (non-hydrogen) atoms. The van der Waals surface area contributed by atoms with E-state index in [-0.39, 0.29) is 5.82 Å². The zero-order chi connectivity index (χ0) is 31.2. The second kappa shape index (κ2) is 13.7. The molecule has 0 saturated heterocycles. The van der Waals surface area contributed by atoms with Gasteiger partial charge in [-0.15, -0.1) is 0 Å². The summed E-state index contributed by atoms with van der Waals surface area (Å²) in [6, 6.07) is 52.1. The lowest BCUT2D eigenvalue weighted by molar-refractivity contribution is 0.866. The van der Waals surface area contributed by atoms with Gasteiger partial charge in [0.05, 0.1) is 5.72 Å². The van der Waals surface area contributed by atoms with Crippen molar-refractivity contribution in [3.05, 3.63) is 174 Å². The van der Waals surface area contributed by atoms with E-state index in [2.05, 4.69) is 178 Å². The Morgan fingerprint density at radius 1 is 0.533 bits per heavy atom. The van der Waals surface area contributed by atoms with Gasteiger partial charge >= 0.3 is 0 Å². The van der Waals surface area contributed by atoms with E-state index < -0.39 is 8.07 Å². The zero-order valence-corrected chi connectivity index (χ0v) is 28.0. The SMILES string of the molecule is CC(C)c1ccc([Si](Cn2ccnc2BC(c2ccccc2)c2ccccc2)(c2ccccc2)c2ccc(C(C)C)cc2)cc1. The van der Waals surface area contributed by atoms with Crippen LogP contribution >= 0.6 is 0 Å². The molecule has 2 nitrogen and oxygen atoms in total. The lowest BCUT2D eigenvalue weighted by Gasteiger charge is -2.35. The fourth-order valence-corrected chi connectivity index (χ4v) is 11.3. The Labute approximate surface area is 271 Å². The summed E-state index contributed by atoms with van der Waals surface area (Å²) >= 11 is 0. The van der Waals surface area contributed by atoms with Crippen molar-refractivity contribution in [2.45, 2.75) is 51.5 Å². The van der Waals surface area contributed by atoms with Gasteiger partial charge in [-0.25, -0.2) is 0 Å². The lowest BCUT2D eigenvalue weighted by atomic mass is 9.58. The number of nitrogens with zero attached hydrogens (tertiary/aromatic N) is 2. The van der Waals surface area contributed by atoms with E-state index in [1.807, 2.05) is 6.20 Å². The van der Waals surface area contributed by atoms with Gasteiger partial charge in [0.15, 0.2) is 8.07 Å². The fraction of sp³-hybridized carbons (Fsp3) is 0.195. The quantitative estimate of drug-likeness (QED) is 0.119. The normalized spacial score (nSPS) is 11.8. The van der Waals surface area contributed by atoms with Crippen molar-refractivity contribution < 1.29 is 0 Å². The van der Waals surface area contributed by atoms with E-state index in [9.17, 15) is 0 Å². The van der Waals surface area contributed by atoms with E-state index >= 15 is 0 Å². The highest BCUT2D eigenvalue weighted by molar-refractivity contribution is 7.10. The van der Waals surface area contributed by atoms with Gasteiger partial charge in [0, 0.05) is 18.6 Å². The smallest absolute Gasteiger partial charge is 0.217 e. The molecule has 0 aliphatic heterocycles. The van der Waals surface area contributed by atoms with E-state index in [4.69, 9.17) is 4.98 Å². The maximum atomic E-state index is 5.03. The van der Waals surface area contributed by atoms with Crippen LogP contribution in [-0.4, -0.2) is 24.9 Å². The average Bonchev–Trinajstić information content (AvgIpc) is 3.53. The topological polar surface area (TPSA) is 17.8 Å². The van der Waals surface area contributed by atoms with Crippen LogP contribution < -0.4 is 21.3 Å². The van der Waals surface area contributed by atoms with Crippen LogP contribution in [-0.2, 0) is 6.17 Å². The molecule has 6 rings (SSSR count). The molecule has 0 atom stereocenters. The van der Waals surface area contributed by atoms with Gasteiger partial charge in [-0.2, -0.15) is 0 Å². The summed E-state index contributed by atoms with van der Waals surface area (Å²) in [6.45, 7) is 9.09. The van der Waals surface area contributed by atoms with Crippen molar-refractivity contribution in [3.63, 3.8) is 0 Å². The summed E-state index contributed by atoms with van der Waals surface area (Å²) in [5.41, 5.74) is 6.51. The van der Waals surface area contributed by atoms with Crippen molar-refractivity contribution in [2.75, 3.05) is 0 Å². The van der Waals surface area contributed by atoms with E-state index in [1.54, 1.807) is 0 Å². The Hall–Kier alpha value is -4.41. The predicted molar refractivity (Wildman–Crippen MR) is 196 cm³/mol. The summed E-state index contributed by atoms with van der Waals surface area (Å²) in [5.74, 6) is 1.20. The third-order valence-corrected chi connectivity index (χ3v) is 14.2. The number of hydrogen-bond donors (Lipinski definition) is 0. The molecule has 1 heterocycles. The molecule has 6 aromatic rings.